The largest absolute Gasteiger partial charge is 0.377 e. The summed E-state index contributed by atoms with van der Waals surface area (Å²) in [6.45, 7) is 14.1. The van der Waals surface area contributed by atoms with E-state index >= 15 is 0 Å². The third-order valence-corrected chi connectivity index (χ3v) is 6.89. The highest BCUT2D eigenvalue weighted by atomic mass is 127. The Balaban J connectivity index is 0.00000392. The van der Waals surface area contributed by atoms with E-state index in [1.54, 1.807) is 0 Å². The summed E-state index contributed by atoms with van der Waals surface area (Å²) < 4.78 is 29.1. The molecule has 0 radical (unpaired) electrons. The molecule has 0 aliphatic carbocycles. The first kappa shape index (κ1) is 25.9. The van der Waals surface area contributed by atoms with Crippen molar-refractivity contribution in [2.75, 3.05) is 57.4 Å². The molecule has 2 aliphatic rings. The van der Waals surface area contributed by atoms with Gasteiger partial charge in [0.15, 0.2) is 15.8 Å². The van der Waals surface area contributed by atoms with Gasteiger partial charge in [0.2, 0.25) is 0 Å². The van der Waals surface area contributed by atoms with Crippen LogP contribution in [0.2, 0.25) is 0 Å². The molecule has 0 aromatic heterocycles. The fourth-order valence-corrected chi connectivity index (χ4v) is 5.12. The van der Waals surface area contributed by atoms with Crippen molar-refractivity contribution in [1.29, 1.82) is 0 Å². The highest BCUT2D eigenvalue weighted by Gasteiger charge is 2.35. The van der Waals surface area contributed by atoms with E-state index < -0.39 is 9.84 Å². The lowest BCUT2D eigenvalue weighted by molar-refractivity contribution is -0.0823. The summed E-state index contributed by atoms with van der Waals surface area (Å²) in [5.74, 6) is 1.83. The number of hydrogen-bond acceptors (Lipinski definition) is 5. The van der Waals surface area contributed by atoms with E-state index in [1.165, 1.54) is 0 Å². The second kappa shape index (κ2) is 11.9. The Labute approximate surface area is 188 Å². The van der Waals surface area contributed by atoms with Crippen LogP contribution in [0.1, 0.15) is 40.5 Å². The van der Waals surface area contributed by atoms with Gasteiger partial charge in [-0.15, -0.1) is 24.0 Å². The van der Waals surface area contributed by atoms with Crippen molar-refractivity contribution in [3.63, 3.8) is 0 Å². The molecule has 2 atom stereocenters. The topological polar surface area (TPSA) is 83.0 Å². The van der Waals surface area contributed by atoms with Crippen LogP contribution in [0.25, 0.3) is 0 Å². The maximum atomic E-state index is 11.5. The highest BCUT2D eigenvalue weighted by molar-refractivity contribution is 14.0. The summed E-state index contributed by atoms with van der Waals surface area (Å²) in [5.41, 5.74) is 0.126. The number of hydrogen-bond donors (Lipinski definition) is 2. The predicted octanol–water partition coefficient (Wildman–Crippen LogP) is 1.73. The summed E-state index contributed by atoms with van der Waals surface area (Å²) in [5, 5.41) is 6.70. The highest BCUT2D eigenvalue weighted by Crippen LogP contribution is 2.34. The minimum Gasteiger partial charge on any atom is -0.377 e. The minimum atomic E-state index is -2.81. The number of rotatable bonds is 6. The van der Waals surface area contributed by atoms with Crippen LogP contribution < -0.4 is 10.6 Å². The van der Waals surface area contributed by atoms with Gasteiger partial charge in [-0.2, -0.15) is 0 Å². The van der Waals surface area contributed by atoms with Crippen LogP contribution in [0, 0.1) is 11.3 Å². The molecule has 2 fully saturated rings. The molecule has 0 spiro atoms. The molecule has 2 N–H and O–H groups in total. The molecular weight excluding hydrogens is 491 g/mol. The normalized spacial score (nSPS) is 26.4. The number of ether oxygens (including phenoxy) is 1. The fourth-order valence-electron chi connectivity index (χ4n) is 3.84. The van der Waals surface area contributed by atoms with Crippen molar-refractivity contribution < 1.29 is 13.2 Å². The Morgan fingerprint density at radius 1 is 1.21 bits per heavy atom. The zero-order valence-electron chi connectivity index (χ0n) is 17.9. The number of sulfone groups is 1. The van der Waals surface area contributed by atoms with E-state index in [9.17, 15) is 8.42 Å². The number of nitrogens with one attached hydrogen (secondary N) is 2. The zero-order chi connectivity index (χ0) is 19.9. The number of nitrogens with zero attached hydrogens (tertiary/aromatic N) is 2. The lowest BCUT2D eigenvalue weighted by Gasteiger charge is -2.39. The molecule has 0 aromatic rings. The summed E-state index contributed by atoms with van der Waals surface area (Å²) in [7, 11) is -2.81. The van der Waals surface area contributed by atoms with Gasteiger partial charge in [0.1, 0.15) is 0 Å². The summed E-state index contributed by atoms with van der Waals surface area (Å²) in [4.78, 5) is 7.00. The molecule has 9 heteroatoms. The Bertz CT molecular complexity index is 578. The maximum Gasteiger partial charge on any atom is 0.191 e. The Kier molecular flexibility index (Phi) is 11.0. The van der Waals surface area contributed by atoms with Gasteiger partial charge >= 0.3 is 0 Å². The van der Waals surface area contributed by atoms with Crippen LogP contribution in [0.5, 0.6) is 0 Å². The molecule has 166 valence electrons. The zero-order valence-corrected chi connectivity index (χ0v) is 21.0. The molecule has 2 heterocycles. The van der Waals surface area contributed by atoms with Gasteiger partial charge in [0.25, 0.3) is 0 Å². The molecule has 0 saturated carbocycles. The Morgan fingerprint density at radius 3 is 2.50 bits per heavy atom. The van der Waals surface area contributed by atoms with Gasteiger partial charge in [-0.1, -0.05) is 20.8 Å². The molecular formula is C19H39IN4O3S. The second-order valence-electron chi connectivity index (χ2n) is 8.70. The van der Waals surface area contributed by atoms with E-state index in [0.29, 0.717) is 19.0 Å². The Morgan fingerprint density at radius 2 is 1.89 bits per heavy atom. The van der Waals surface area contributed by atoms with Gasteiger partial charge in [-0.25, -0.2) is 8.42 Å². The van der Waals surface area contributed by atoms with Crippen LogP contribution in [0.3, 0.4) is 0 Å². The molecule has 0 aromatic carbocycles. The smallest absolute Gasteiger partial charge is 0.191 e. The monoisotopic (exact) mass is 530 g/mol. The van der Waals surface area contributed by atoms with Crippen LogP contribution in [0.4, 0.5) is 0 Å². The van der Waals surface area contributed by atoms with E-state index in [2.05, 4.69) is 43.2 Å². The molecule has 0 amide bonds. The predicted molar refractivity (Wildman–Crippen MR) is 126 cm³/mol. The van der Waals surface area contributed by atoms with Crippen LogP contribution >= 0.6 is 24.0 Å². The standard InChI is InChI=1S/C19H38N4O3S.HI/c1-5-20-18(21-8-9-23-10-13-27(24,25)14-11-23)22-15-16-7-6-12-26-17(16)19(2,3)4;/h16-17H,5-15H2,1-4H3,(H2,20,21,22);1H. The van der Waals surface area contributed by atoms with Crippen molar-refractivity contribution in [1.82, 2.24) is 15.5 Å². The first-order valence-electron chi connectivity index (χ1n) is 10.3. The molecule has 2 aliphatic heterocycles. The molecule has 7 nitrogen and oxygen atoms in total. The van der Waals surface area contributed by atoms with Gasteiger partial charge in [-0.05, 0) is 25.2 Å². The van der Waals surface area contributed by atoms with Gasteiger partial charge < -0.3 is 15.4 Å². The van der Waals surface area contributed by atoms with Crippen molar-refractivity contribution in [3.05, 3.63) is 0 Å². The number of guanidine groups is 1. The van der Waals surface area contributed by atoms with Crippen molar-refractivity contribution >= 4 is 39.8 Å². The average Bonchev–Trinajstić information content (AvgIpc) is 2.60. The summed E-state index contributed by atoms with van der Waals surface area (Å²) in [6.07, 6.45) is 2.51. The first-order chi connectivity index (χ1) is 12.7. The van der Waals surface area contributed by atoms with Gasteiger partial charge in [-0.3, -0.25) is 9.89 Å². The molecule has 2 unspecified atom stereocenters. The van der Waals surface area contributed by atoms with Crippen LogP contribution in [-0.4, -0.2) is 82.8 Å². The minimum absolute atomic E-state index is 0. The first-order valence-corrected chi connectivity index (χ1v) is 12.1. The van der Waals surface area contributed by atoms with Gasteiger partial charge in [0, 0.05) is 51.8 Å². The maximum absolute atomic E-state index is 11.5. The third kappa shape index (κ3) is 8.71. The summed E-state index contributed by atoms with van der Waals surface area (Å²) >= 11 is 0. The van der Waals surface area contributed by atoms with Crippen molar-refractivity contribution in [2.24, 2.45) is 16.3 Å². The van der Waals surface area contributed by atoms with Crippen molar-refractivity contribution in [2.45, 2.75) is 46.6 Å². The van der Waals surface area contributed by atoms with Gasteiger partial charge in [0.05, 0.1) is 17.6 Å². The lowest BCUT2D eigenvalue weighted by atomic mass is 9.78. The van der Waals surface area contributed by atoms with Crippen LogP contribution in [-0.2, 0) is 14.6 Å². The average molecular weight is 531 g/mol. The van der Waals surface area contributed by atoms with Crippen LogP contribution in [0.15, 0.2) is 4.99 Å². The third-order valence-electron chi connectivity index (χ3n) is 5.28. The lowest BCUT2D eigenvalue weighted by Crippen LogP contribution is -2.46. The van der Waals surface area contributed by atoms with E-state index in [-0.39, 0.29) is 47.0 Å². The van der Waals surface area contributed by atoms with E-state index in [4.69, 9.17) is 9.73 Å². The molecule has 0 bridgehead atoms. The molecule has 2 saturated heterocycles. The fraction of sp³-hybridized carbons (Fsp3) is 0.947. The number of halogens is 1. The second-order valence-corrected chi connectivity index (χ2v) is 11.0. The molecule has 28 heavy (non-hydrogen) atoms. The van der Waals surface area contributed by atoms with E-state index in [0.717, 1.165) is 51.6 Å². The quantitative estimate of drug-likeness (QED) is 0.309. The van der Waals surface area contributed by atoms with E-state index in [1.807, 2.05) is 0 Å². The summed E-state index contributed by atoms with van der Waals surface area (Å²) in [6, 6.07) is 0. The Hall–Kier alpha value is -0.130. The SMILES string of the molecule is CCNC(=NCC1CCCOC1C(C)(C)C)NCCN1CCS(=O)(=O)CC1.I. The number of aliphatic imine (C=N–C) groups is 1. The molecule has 2 rings (SSSR count). The van der Waals surface area contributed by atoms with Crippen molar-refractivity contribution in [3.8, 4) is 0 Å².